The molecule has 3 rings (SSSR count). The predicted molar refractivity (Wildman–Crippen MR) is 104 cm³/mol. The Morgan fingerprint density at radius 3 is 2.59 bits per heavy atom. The van der Waals surface area contributed by atoms with Crippen LogP contribution in [0.15, 0.2) is 22.5 Å². The summed E-state index contributed by atoms with van der Waals surface area (Å²) >= 11 is 1.82. The van der Waals surface area contributed by atoms with Crippen molar-refractivity contribution in [2.24, 2.45) is 10.4 Å². The van der Waals surface area contributed by atoms with E-state index < -0.39 is 0 Å². The number of rotatable bonds is 3. The molecule has 2 saturated heterocycles. The number of anilines is 1. The minimum atomic E-state index is 0. The molecule has 0 bridgehead atoms. The summed E-state index contributed by atoms with van der Waals surface area (Å²) in [5, 5.41) is 7.03. The Labute approximate surface area is 153 Å². The standard InChI is InChI=1S/C15H24N4OS.HI/c1-15(11-20-12-15)10-17-14(16-2)19-7-5-18(6-8-19)13-4-3-9-21-13;/h3-4,9H,5-8,10-12H2,1-2H3,(H,16,17);1H. The zero-order valence-corrected chi connectivity index (χ0v) is 16.4. The van der Waals surface area contributed by atoms with Crippen LogP contribution >= 0.6 is 35.3 Å². The molecule has 0 spiro atoms. The zero-order chi connectivity index (χ0) is 14.7. The molecule has 2 aliphatic heterocycles. The van der Waals surface area contributed by atoms with Crippen molar-refractivity contribution in [2.75, 3.05) is 57.9 Å². The van der Waals surface area contributed by atoms with Crippen LogP contribution in [0.5, 0.6) is 0 Å². The minimum absolute atomic E-state index is 0. The summed E-state index contributed by atoms with van der Waals surface area (Å²) in [5.41, 5.74) is 0.273. The number of ether oxygens (including phenoxy) is 1. The van der Waals surface area contributed by atoms with Crippen molar-refractivity contribution in [1.82, 2.24) is 10.2 Å². The minimum Gasteiger partial charge on any atom is -0.380 e. The average molecular weight is 436 g/mol. The Morgan fingerprint density at radius 2 is 2.09 bits per heavy atom. The van der Waals surface area contributed by atoms with Crippen LogP contribution in [0.2, 0.25) is 0 Å². The summed E-state index contributed by atoms with van der Waals surface area (Å²) < 4.78 is 5.31. The van der Waals surface area contributed by atoms with Gasteiger partial charge >= 0.3 is 0 Å². The normalized spacial score (nSPS) is 21.1. The Bertz CT molecular complexity index is 482. The smallest absolute Gasteiger partial charge is 0.193 e. The first-order chi connectivity index (χ1) is 10.2. The highest BCUT2D eigenvalue weighted by molar-refractivity contribution is 14.0. The lowest BCUT2D eigenvalue weighted by molar-refractivity contribution is -0.0972. The largest absolute Gasteiger partial charge is 0.380 e. The fourth-order valence-corrected chi connectivity index (χ4v) is 3.55. The van der Waals surface area contributed by atoms with Gasteiger partial charge in [0.2, 0.25) is 0 Å². The van der Waals surface area contributed by atoms with Crippen LogP contribution in [0.3, 0.4) is 0 Å². The second-order valence-corrected chi connectivity index (χ2v) is 7.06. The van der Waals surface area contributed by atoms with Crippen molar-refractivity contribution in [1.29, 1.82) is 0 Å². The molecule has 0 unspecified atom stereocenters. The Balaban J connectivity index is 0.00000176. The first-order valence-electron chi connectivity index (χ1n) is 7.52. The monoisotopic (exact) mass is 436 g/mol. The Kier molecular flexibility index (Phi) is 6.34. The average Bonchev–Trinajstić information content (AvgIpc) is 3.01. The van der Waals surface area contributed by atoms with E-state index in [1.807, 2.05) is 18.4 Å². The molecule has 1 N–H and O–H groups in total. The van der Waals surface area contributed by atoms with E-state index in [-0.39, 0.29) is 29.4 Å². The third-order valence-corrected chi connectivity index (χ3v) is 5.11. The number of nitrogens with zero attached hydrogens (tertiary/aromatic N) is 3. The molecule has 7 heteroatoms. The third-order valence-electron chi connectivity index (χ3n) is 4.18. The summed E-state index contributed by atoms with van der Waals surface area (Å²) in [6.45, 7) is 9.04. The number of nitrogens with one attached hydrogen (secondary N) is 1. The van der Waals surface area contributed by atoms with E-state index in [1.165, 1.54) is 5.00 Å². The molecular weight excluding hydrogens is 411 g/mol. The van der Waals surface area contributed by atoms with Gasteiger partial charge in [0.1, 0.15) is 0 Å². The van der Waals surface area contributed by atoms with Crippen LogP contribution in [-0.4, -0.2) is 63.8 Å². The number of piperazine rings is 1. The maximum atomic E-state index is 5.31. The molecule has 0 radical (unpaired) electrons. The van der Waals surface area contributed by atoms with Crippen molar-refractivity contribution in [3.05, 3.63) is 17.5 Å². The zero-order valence-electron chi connectivity index (χ0n) is 13.2. The van der Waals surface area contributed by atoms with Crippen LogP contribution in [0, 0.1) is 5.41 Å². The highest BCUT2D eigenvalue weighted by Crippen LogP contribution is 2.25. The molecule has 124 valence electrons. The molecule has 22 heavy (non-hydrogen) atoms. The van der Waals surface area contributed by atoms with Gasteiger partial charge < -0.3 is 19.9 Å². The Morgan fingerprint density at radius 1 is 1.36 bits per heavy atom. The first-order valence-corrected chi connectivity index (χ1v) is 8.40. The van der Waals surface area contributed by atoms with Gasteiger partial charge in [-0.25, -0.2) is 0 Å². The van der Waals surface area contributed by atoms with Crippen molar-refractivity contribution >= 4 is 46.3 Å². The van der Waals surface area contributed by atoms with E-state index in [1.54, 1.807) is 0 Å². The van der Waals surface area contributed by atoms with Crippen molar-refractivity contribution in [3.63, 3.8) is 0 Å². The van der Waals surface area contributed by atoms with E-state index in [2.05, 4.69) is 44.5 Å². The van der Waals surface area contributed by atoms with E-state index in [9.17, 15) is 0 Å². The number of thiophene rings is 1. The van der Waals surface area contributed by atoms with Gasteiger partial charge in [-0.1, -0.05) is 6.92 Å². The lowest BCUT2D eigenvalue weighted by Crippen LogP contribution is -2.55. The van der Waals surface area contributed by atoms with Crippen LogP contribution in [0.1, 0.15) is 6.92 Å². The molecule has 0 aromatic carbocycles. The lowest BCUT2D eigenvalue weighted by atomic mass is 9.89. The van der Waals surface area contributed by atoms with Gasteiger partial charge in [0, 0.05) is 45.2 Å². The third kappa shape index (κ3) is 4.05. The Hall–Kier alpha value is -0.540. The maximum absolute atomic E-state index is 5.31. The second kappa shape index (κ2) is 7.83. The van der Waals surface area contributed by atoms with Gasteiger partial charge in [-0.3, -0.25) is 4.99 Å². The van der Waals surface area contributed by atoms with E-state index in [0.717, 1.165) is 51.9 Å². The highest BCUT2D eigenvalue weighted by atomic mass is 127. The molecule has 2 fully saturated rings. The van der Waals surface area contributed by atoms with E-state index in [4.69, 9.17) is 4.74 Å². The summed E-state index contributed by atoms with van der Waals surface area (Å²) in [7, 11) is 1.87. The summed E-state index contributed by atoms with van der Waals surface area (Å²) in [5.74, 6) is 1.02. The molecule has 1 aromatic heterocycles. The molecule has 0 atom stereocenters. The summed E-state index contributed by atoms with van der Waals surface area (Å²) in [6.07, 6.45) is 0. The molecule has 0 amide bonds. The van der Waals surface area contributed by atoms with Gasteiger partial charge in [0.25, 0.3) is 0 Å². The number of hydrogen-bond donors (Lipinski definition) is 1. The molecule has 3 heterocycles. The predicted octanol–water partition coefficient (Wildman–Crippen LogP) is 2.10. The van der Waals surface area contributed by atoms with E-state index in [0.29, 0.717) is 0 Å². The van der Waals surface area contributed by atoms with Gasteiger partial charge in [0.05, 0.1) is 18.2 Å². The van der Waals surface area contributed by atoms with Crippen molar-refractivity contribution in [2.45, 2.75) is 6.92 Å². The van der Waals surface area contributed by atoms with Crippen molar-refractivity contribution in [3.8, 4) is 0 Å². The number of guanidine groups is 1. The molecule has 0 saturated carbocycles. The van der Waals surface area contributed by atoms with Gasteiger partial charge in [-0.2, -0.15) is 0 Å². The molecule has 1 aromatic rings. The number of hydrogen-bond acceptors (Lipinski definition) is 4. The van der Waals surface area contributed by atoms with Crippen LogP contribution < -0.4 is 10.2 Å². The van der Waals surface area contributed by atoms with Crippen LogP contribution in [-0.2, 0) is 4.74 Å². The van der Waals surface area contributed by atoms with Crippen LogP contribution in [0.25, 0.3) is 0 Å². The number of halogens is 1. The molecule has 2 aliphatic rings. The van der Waals surface area contributed by atoms with Crippen LogP contribution in [0.4, 0.5) is 5.00 Å². The lowest BCUT2D eigenvalue weighted by Gasteiger charge is -2.41. The summed E-state index contributed by atoms with van der Waals surface area (Å²) in [6, 6.07) is 4.32. The maximum Gasteiger partial charge on any atom is 0.193 e. The van der Waals surface area contributed by atoms with E-state index >= 15 is 0 Å². The molecule has 5 nitrogen and oxygen atoms in total. The number of aliphatic imine (C=N–C) groups is 1. The first kappa shape index (κ1) is 17.8. The quantitative estimate of drug-likeness (QED) is 0.448. The molecular formula is C15H25IN4OS. The fourth-order valence-electron chi connectivity index (χ4n) is 2.77. The van der Waals surface area contributed by atoms with Gasteiger partial charge in [-0.05, 0) is 17.5 Å². The van der Waals surface area contributed by atoms with Gasteiger partial charge in [-0.15, -0.1) is 35.3 Å². The topological polar surface area (TPSA) is 40.1 Å². The fraction of sp³-hybridized carbons (Fsp3) is 0.667. The second-order valence-electron chi connectivity index (χ2n) is 6.13. The molecule has 0 aliphatic carbocycles. The van der Waals surface area contributed by atoms with Crippen molar-refractivity contribution < 1.29 is 4.74 Å². The summed E-state index contributed by atoms with van der Waals surface area (Å²) in [4.78, 5) is 9.24. The van der Waals surface area contributed by atoms with Gasteiger partial charge in [0.15, 0.2) is 5.96 Å². The SMILES string of the molecule is CN=C(NCC1(C)COC1)N1CCN(c2cccs2)CC1.I. The highest BCUT2D eigenvalue weighted by Gasteiger charge is 2.33.